The lowest BCUT2D eigenvalue weighted by atomic mass is 10.2. The number of halogens is 1. The van der Waals surface area contributed by atoms with E-state index in [-0.39, 0.29) is 30.1 Å². The number of aromatic nitrogens is 2. The molecule has 24 heavy (non-hydrogen) atoms. The second-order valence-electron chi connectivity index (χ2n) is 5.71. The van der Waals surface area contributed by atoms with Gasteiger partial charge < -0.3 is 15.8 Å². The van der Waals surface area contributed by atoms with Crippen LogP contribution in [0.15, 0.2) is 41.7 Å². The van der Waals surface area contributed by atoms with Crippen LogP contribution >= 0.6 is 24.0 Å². The second-order valence-corrected chi connectivity index (χ2v) is 5.71. The molecule has 2 rings (SSSR count). The van der Waals surface area contributed by atoms with Crippen molar-refractivity contribution in [2.24, 2.45) is 17.8 Å². The topological polar surface area (TPSA) is 77.5 Å². The Kier molecular flexibility index (Phi) is 8.59. The lowest BCUT2D eigenvalue weighted by molar-refractivity contribution is 0.242. The van der Waals surface area contributed by atoms with Crippen LogP contribution in [0.3, 0.4) is 0 Å². The highest BCUT2D eigenvalue weighted by atomic mass is 127. The largest absolute Gasteiger partial charge is 0.491 e. The van der Waals surface area contributed by atoms with E-state index in [9.17, 15) is 0 Å². The van der Waals surface area contributed by atoms with Gasteiger partial charge in [-0.25, -0.2) is 0 Å². The Hall–Kier alpha value is -1.77. The molecule has 0 amide bonds. The predicted octanol–water partition coefficient (Wildman–Crippen LogP) is 3.18. The summed E-state index contributed by atoms with van der Waals surface area (Å²) in [6.07, 6.45) is 5.96. The van der Waals surface area contributed by atoms with Gasteiger partial charge in [-0.05, 0) is 56.5 Å². The van der Waals surface area contributed by atoms with Gasteiger partial charge in [0.25, 0.3) is 0 Å². The Labute approximate surface area is 160 Å². The summed E-state index contributed by atoms with van der Waals surface area (Å²) in [4.78, 5) is 4.34. The third-order valence-electron chi connectivity index (χ3n) is 3.16. The number of benzene rings is 1. The monoisotopic (exact) mass is 443 g/mol. The minimum Gasteiger partial charge on any atom is -0.491 e. The number of aliphatic imine (C=N–C) groups is 1. The van der Waals surface area contributed by atoms with E-state index in [4.69, 9.17) is 10.5 Å². The fourth-order valence-corrected chi connectivity index (χ4v) is 2.16. The molecule has 1 aromatic heterocycles. The maximum absolute atomic E-state index is 5.90. The van der Waals surface area contributed by atoms with Crippen LogP contribution in [0.25, 0.3) is 0 Å². The third-order valence-corrected chi connectivity index (χ3v) is 3.16. The van der Waals surface area contributed by atoms with Crippen molar-refractivity contribution in [1.29, 1.82) is 0 Å². The lowest BCUT2D eigenvalue weighted by Gasteiger charge is -2.10. The van der Waals surface area contributed by atoms with E-state index < -0.39 is 0 Å². The SMILES string of the molecule is CC(C)Oc1ccc(NC(N)=NCCCc2cnn(C)c2)cc1.I. The van der Waals surface area contributed by atoms with Crippen LogP contribution in [0.1, 0.15) is 25.8 Å². The Bertz CT molecular complexity index is 637. The molecule has 0 atom stereocenters. The molecule has 7 heteroatoms. The number of nitrogens with one attached hydrogen (secondary N) is 1. The molecule has 0 saturated carbocycles. The molecule has 0 aliphatic carbocycles. The summed E-state index contributed by atoms with van der Waals surface area (Å²) in [6, 6.07) is 7.68. The van der Waals surface area contributed by atoms with Crippen molar-refractivity contribution in [3.8, 4) is 5.75 Å². The minimum absolute atomic E-state index is 0. The summed E-state index contributed by atoms with van der Waals surface area (Å²) in [6.45, 7) is 4.69. The molecule has 0 aliphatic heterocycles. The fraction of sp³-hybridized carbons (Fsp3) is 0.412. The second kappa shape index (κ2) is 10.2. The van der Waals surface area contributed by atoms with Crippen molar-refractivity contribution in [1.82, 2.24) is 9.78 Å². The molecular weight excluding hydrogens is 417 g/mol. The molecule has 0 radical (unpaired) electrons. The van der Waals surface area contributed by atoms with E-state index in [0.717, 1.165) is 24.3 Å². The van der Waals surface area contributed by atoms with Gasteiger partial charge in [0.15, 0.2) is 5.96 Å². The maximum Gasteiger partial charge on any atom is 0.193 e. The molecule has 0 unspecified atom stereocenters. The van der Waals surface area contributed by atoms with Gasteiger partial charge in [0.2, 0.25) is 0 Å². The Morgan fingerprint density at radius 2 is 2.04 bits per heavy atom. The predicted molar refractivity (Wildman–Crippen MR) is 109 cm³/mol. The molecule has 3 N–H and O–H groups in total. The Balaban J connectivity index is 0.00000288. The fourth-order valence-electron chi connectivity index (χ4n) is 2.16. The van der Waals surface area contributed by atoms with Gasteiger partial charge in [0.1, 0.15) is 5.75 Å². The van der Waals surface area contributed by atoms with Crippen molar-refractivity contribution >= 4 is 35.6 Å². The highest BCUT2D eigenvalue weighted by Gasteiger charge is 2.00. The Morgan fingerprint density at radius 1 is 1.33 bits per heavy atom. The number of hydrogen-bond donors (Lipinski definition) is 2. The molecule has 0 bridgehead atoms. The van der Waals surface area contributed by atoms with Gasteiger partial charge in [-0.2, -0.15) is 5.10 Å². The van der Waals surface area contributed by atoms with E-state index in [2.05, 4.69) is 15.4 Å². The summed E-state index contributed by atoms with van der Waals surface area (Å²) in [5.74, 6) is 1.27. The smallest absolute Gasteiger partial charge is 0.193 e. The first-order valence-electron chi connectivity index (χ1n) is 7.84. The number of anilines is 1. The normalized spacial score (nSPS) is 11.2. The molecule has 1 heterocycles. The van der Waals surface area contributed by atoms with E-state index >= 15 is 0 Å². The van der Waals surface area contributed by atoms with E-state index in [1.54, 1.807) is 4.68 Å². The summed E-state index contributed by atoms with van der Waals surface area (Å²) in [7, 11) is 1.92. The number of nitrogens with two attached hydrogens (primary N) is 1. The molecular formula is C17H26IN5O. The van der Waals surface area contributed by atoms with Gasteiger partial charge in [-0.1, -0.05) is 0 Å². The van der Waals surface area contributed by atoms with Crippen LogP contribution in [0.5, 0.6) is 5.75 Å². The van der Waals surface area contributed by atoms with Crippen molar-refractivity contribution in [2.45, 2.75) is 32.8 Å². The van der Waals surface area contributed by atoms with Crippen LogP contribution in [0.2, 0.25) is 0 Å². The zero-order valence-corrected chi connectivity index (χ0v) is 16.7. The first-order valence-corrected chi connectivity index (χ1v) is 7.84. The number of aryl methyl sites for hydroxylation is 2. The third kappa shape index (κ3) is 7.20. The first kappa shape index (κ1) is 20.3. The number of ether oxygens (including phenoxy) is 1. The van der Waals surface area contributed by atoms with Gasteiger partial charge in [-0.15, -0.1) is 24.0 Å². The number of hydrogen-bond acceptors (Lipinski definition) is 3. The van der Waals surface area contributed by atoms with E-state index in [1.165, 1.54) is 5.56 Å². The average molecular weight is 443 g/mol. The maximum atomic E-state index is 5.90. The van der Waals surface area contributed by atoms with Crippen LogP contribution < -0.4 is 15.8 Å². The van der Waals surface area contributed by atoms with E-state index in [1.807, 2.05) is 57.6 Å². The highest BCUT2D eigenvalue weighted by Crippen LogP contribution is 2.16. The molecule has 0 aliphatic rings. The van der Waals surface area contributed by atoms with Gasteiger partial charge in [-0.3, -0.25) is 9.67 Å². The molecule has 6 nitrogen and oxygen atoms in total. The van der Waals surface area contributed by atoms with Crippen LogP contribution in [0, 0.1) is 0 Å². The van der Waals surface area contributed by atoms with E-state index in [0.29, 0.717) is 12.5 Å². The highest BCUT2D eigenvalue weighted by molar-refractivity contribution is 14.0. The van der Waals surface area contributed by atoms with Crippen molar-refractivity contribution in [3.05, 3.63) is 42.2 Å². The zero-order valence-electron chi connectivity index (χ0n) is 14.4. The standard InChI is InChI=1S/C17H25N5O.HI/c1-13(2)23-16-8-6-15(7-9-16)21-17(18)19-10-4-5-14-11-20-22(3)12-14;/h6-9,11-13H,4-5,10H2,1-3H3,(H3,18,19,21);1H. The summed E-state index contributed by atoms with van der Waals surface area (Å²) in [5, 5.41) is 7.23. The van der Waals surface area contributed by atoms with Crippen LogP contribution in [-0.2, 0) is 13.5 Å². The van der Waals surface area contributed by atoms with Crippen molar-refractivity contribution < 1.29 is 4.74 Å². The number of nitrogens with zero attached hydrogens (tertiary/aromatic N) is 3. The van der Waals surface area contributed by atoms with Gasteiger partial charge >= 0.3 is 0 Å². The number of guanidine groups is 1. The molecule has 0 spiro atoms. The first-order chi connectivity index (χ1) is 11.0. The lowest BCUT2D eigenvalue weighted by Crippen LogP contribution is -2.22. The molecule has 132 valence electrons. The Morgan fingerprint density at radius 3 is 2.62 bits per heavy atom. The van der Waals surface area contributed by atoms with Crippen LogP contribution in [-0.4, -0.2) is 28.4 Å². The quantitative estimate of drug-likeness (QED) is 0.298. The summed E-state index contributed by atoms with van der Waals surface area (Å²) >= 11 is 0. The zero-order chi connectivity index (χ0) is 16.7. The number of rotatable bonds is 7. The van der Waals surface area contributed by atoms with Gasteiger partial charge in [0.05, 0.1) is 12.3 Å². The molecule has 2 aromatic rings. The van der Waals surface area contributed by atoms with Crippen molar-refractivity contribution in [2.75, 3.05) is 11.9 Å². The molecule has 0 fully saturated rings. The summed E-state index contributed by atoms with van der Waals surface area (Å²) < 4.78 is 7.41. The average Bonchev–Trinajstić information content (AvgIpc) is 2.91. The summed E-state index contributed by atoms with van der Waals surface area (Å²) in [5.41, 5.74) is 8.01. The van der Waals surface area contributed by atoms with Crippen LogP contribution in [0.4, 0.5) is 5.69 Å². The molecule has 0 saturated heterocycles. The van der Waals surface area contributed by atoms with Gasteiger partial charge in [0, 0.05) is 25.5 Å². The van der Waals surface area contributed by atoms with Crippen molar-refractivity contribution in [3.63, 3.8) is 0 Å². The molecule has 1 aromatic carbocycles. The minimum atomic E-state index is 0.